The molecule has 2 aromatic carbocycles. The number of amides is 1. The molecule has 0 bridgehead atoms. The first-order valence-corrected chi connectivity index (χ1v) is 9.75. The van der Waals surface area contributed by atoms with Crippen LogP contribution in [0.3, 0.4) is 0 Å². The molecular formula is C23H28N2O4. The van der Waals surface area contributed by atoms with Gasteiger partial charge in [-0.1, -0.05) is 12.1 Å². The van der Waals surface area contributed by atoms with Gasteiger partial charge in [-0.05, 0) is 56.5 Å². The fourth-order valence-corrected chi connectivity index (χ4v) is 2.71. The van der Waals surface area contributed by atoms with Gasteiger partial charge in [0.05, 0.1) is 31.5 Å². The normalized spacial score (nSPS) is 10.3. The van der Waals surface area contributed by atoms with Crippen LogP contribution in [-0.4, -0.2) is 32.3 Å². The number of carbonyl (C=O) groups excluding carboxylic acids is 1. The van der Waals surface area contributed by atoms with Gasteiger partial charge in [-0.3, -0.25) is 4.79 Å². The molecule has 0 aliphatic rings. The van der Waals surface area contributed by atoms with E-state index in [4.69, 9.17) is 19.5 Å². The molecule has 2 rings (SSSR count). The Hall–Kier alpha value is -3.20. The molecule has 0 radical (unpaired) electrons. The van der Waals surface area contributed by atoms with Gasteiger partial charge in [0.1, 0.15) is 5.75 Å². The lowest BCUT2D eigenvalue weighted by Gasteiger charge is -2.11. The second-order valence-electron chi connectivity index (χ2n) is 6.84. The molecule has 1 amide bonds. The van der Waals surface area contributed by atoms with E-state index in [0.29, 0.717) is 43.1 Å². The van der Waals surface area contributed by atoms with Crippen molar-refractivity contribution in [2.24, 2.45) is 0 Å². The summed E-state index contributed by atoms with van der Waals surface area (Å²) in [7, 11) is 1.53. The molecule has 0 unspecified atom stereocenters. The zero-order valence-corrected chi connectivity index (χ0v) is 17.2. The maximum Gasteiger partial charge on any atom is 0.220 e. The molecule has 0 aliphatic carbocycles. The lowest BCUT2D eigenvalue weighted by molar-refractivity contribution is -0.121. The van der Waals surface area contributed by atoms with Gasteiger partial charge in [-0.15, -0.1) is 0 Å². The summed E-state index contributed by atoms with van der Waals surface area (Å²) in [6.45, 7) is 4.98. The van der Waals surface area contributed by atoms with Crippen molar-refractivity contribution in [2.75, 3.05) is 20.3 Å². The van der Waals surface area contributed by atoms with E-state index in [2.05, 4.69) is 11.4 Å². The van der Waals surface area contributed by atoms with E-state index in [1.54, 1.807) is 18.2 Å². The number of ether oxygens (including phenoxy) is 3. The van der Waals surface area contributed by atoms with E-state index < -0.39 is 0 Å². The minimum Gasteiger partial charge on any atom is -0.493 e. The van der Waals surface area contributed by atoms with E-state index in [1.807, 2.05) is 38.1 Å². The van der Waals surface area contributed by atoms with Gasteiger partial charge in [-0.2, -0.15) is 5.26 Å². The zero-order chi connectivity index (χ0) is 21.1. The molecule has 154 valence electrons. The van der Waals surface area contributed by atoms with Crippen LogP contribution in [-0.2, 0) is 11.2 Å². The van der Waals surface area contributed by atoms with Crippen molar-refractivity contribution in [3.8, 4) is 23.3 Å². The van der Waals surface area contributed by atoms with Crippen LogP contribution in [0.4, 0.5) is 0 Å². The topological polar surface area (TPSA) is 80.6 Å². The summed E-state index contributed by atoms with van der Waals surface area (Å²) in [4.78, 5) is 12.0. The molecule has 0 saturated heterocycles. The summed E-state index contributed by atoms with van der Waals surface area (Å²) in [5, 5.41) is 11.8. The molecule has 0 saturated carbocycles. The van der Waals surface area contributed by atoms with Gasteiger partial charge in [0.15, 0.2) is 11.5 Å². The summed E-state index contributed by atoms with van der Waals surface area (Å²) in [6, 6.07) is 15.0. The van der Waals surface area contributed by atoms with Crippen molar-refractivity contribution in [2.45, 2.75) is 39.2 Å². The molecule has 6 nitrogen and oxygen atoms in total. The highest BCUT2D eigenvalue weighted by atomic mass is 16.5. The second-order valence-corrected chi connectivity index (χ2v) is 6.84. The van der Waals surface area contributed by atoms with Crippen molar-refractivity contribution in [1.29, 1.82) is 5.26 Å². The van der Waals surface area contributed by atoms with Gasteiger partial charge in [-0.25, -0.2) is 0 Å². The maximum atomic E-state index is 12.0. The van der Waals surface area contributed by atoms with E-state index in [1.165, 1.54) is 7.11 Å². The molecular weight excluding hydrogens is 368 g/mol. The number of methoxy groups -OCH3 is 1. The number of nitrogens with one attached hydrogen (secondary N) is 1. The third-order valence-electron chi connectivity index (χ3n) is 4.13. The molecule has 2 aromatic rings. The number of rotatable bonds is 11. The third kappa shape index (κ3) is 7.74. The van der Waals surface area contributed by atoms with E-state index >= 15 is 0 Å². The maximum absolute atomic E-state index is 12.0. The first-order chi connectivity index (χ1) is 14.0. The van der Waals surface area contributed by atoms with Gasteiger partial charge in [0, 0.05) is 19.0 Å². The summed E-state index contributed by atoms with van der Waals surface area (Å²) in [5.41, 5.74) is 1.66. The summed E-state index contributed by atoms with van der Waals surface area (Å²) in [5.74, 6) is 1.93. The molecule has 0 atom stereocenters. The smallest absolute Gasteiger partial charge is 0.220 e. The van der Waals surface area contributed by atoms with Crippen LogP contribution in [0.1, 0.15) is 37.8 Å². The SMILES string of the molecule is COc1cc(C#N)ccc1OCCCC(=O)NCCc1ccc(OC(C)C)cc1. The van der Waals surface area contributed by atoms with Crippen LogP contribution >= 0.6 is 0 Å². The Labute approximate surface area is 172 Å². The van der Waals surface area contributed by atoms with Crippen molar-refractivity contribution in [3.05, 3.63) is 53.6 Å². The van der Waals surface area contributed by atoms with Crippen molar-refractivity contribution < 1.29 is 19.0 Å². The van der Waals surface area contributed by atoms with E-state index in [0.717, 1.165) is 17.7 Å². The van der Waals surface area contributed by atoms with Crippen LogP contribution in [0.2, 0.25) is 0 Å². The van der Waals surface area contributed by atoms with Crippen molar-refractivity contribution >= 4 is 5.91 Å². The number of nitrogens with zero attached hydrogens (tertiary/aromatic N) is 1. The third-order valence-corrected chi connectivity index (χ3v) is 4.13. The fourth-order valence-electron chi connectivity index (χ4n) is 2.71. The second kappa shape index (κ2) is 11.6. The first kappa shape index (κ1) is 22.1. The number of hydrogen-bond donors (Lipinski definition) is 1. The van der Waals surface area contributed by atoms with Crippen molar-refractivity contribution in [3.63, 3.8) is 0 Å². The molecule has 1 N–H and O–H groups in total. The monoisotopic (exact) mass is 396 g/mol. The fraction of sp³-hybridized carbons (Fsp3) is 0.391. The van der Waals surface area contributed by atoms with Crippen LogP contribution in [0, 0.1) is 11.3 Å². The van der Waals surface area contributed by atoms with Gasteiger partial charge >= 0.3 is 0 Å². The first-order valence-electron chi connectivity index (χ1n) is 9.75. The quantitative estimate of drug-likeness (QED) is 0.583. The average molecular weight is 396 g/mol. The molecule has 29 heavy (non-hydrogen) atoms. The molecule has 0 aliphatic heterocycles. The van der Waals surface area contributed by atoms with Crippen LogP contribution < -0.4 is 19.5 Å². The Morgan fingerprint density at radius 2 is 1.90 bits per heavy atom. The molecule has 6 heteroatoms. The standard InChI is InChI=1S/C23H28N2O4/c1-17(2)29-20-9-6-18(7-10-20)12-13-25-23(26)5-4-14-28-21-11-8-19(16-24)15-22(21)27-3/h6-11,15,17H,4-5,12-14H2,1-3H3,(H,25,26). The highest BCUT2D eigenvalue weighted by Gasteiger charge is 2.07. The van der Waals surface area contributed by atoms with Gasteiger partial charge in [0.25, 0.3) is 0 Å². The Morgan fingerprint density at radius 1 is 1.14 bits per heavy atom. The number of hydrogen-bond acceptors (Lipinski definition) is 5. The largest absolute Gasteiger partial charge is 0.493 e. The van der Waals surface area contributed by atoms with Crippen LogP contribution in [0.25, 0.3) is 0 Å². The Kier molecular flexibility index (Phi) is 8.84. The molecule has 0 aromatic heterocycles. The number of carbonyl (C=O) groups is 1. The Bertz CT molecular complexity index is 826. The minimum absolute atomic E-state index is 0.000143. The summed E-state index contributed by atoms with van der Waals surface area (Å²) in [6.07, 6.45) is 1.91. The molecule has 0 heterocycles. The number of benzene rings is 2. The summed E-state index contributed by atoms with van der Waals surface area (Å²) < 4.78 is 16.5. The lowest BCUT2D eigenvalue weighted by Crippen LogP contribution is -2.25. The minimum atomic E-state index is 0.000143. The molecule has 0 fully saturated rings. The van der Waals surface area contributed by atoms with Crippen LogP contribution in [0.5, 0.6) is 17.2 Å². The predicted octanol–water partition coefficient (Wildman–Crippen LogP) is 3.87. The Morgan fingerprint density at radius 3 is 2.55 bits per heavy atom. The summed E-state index contributed by atoms with van der Waals surface area (Å²) >= 11 is 0. The lowest BCUT2D eigenvalue weighted by atomic mass is 10.1. The van der Waals surface area contributed by atoms with E-state index in [-0.39, 0.29) is 12.0 Å². The van der Waals surface area contributed by atoms with Gasteiger partial charge in [0.2, 0.25) is 5.91 Å². The zero-order valence-electron chi connectivity index (χ0n) is 17.2. The van der Waals surface area contributed by atoms with Crippen LogP contribution in [0.15, 0.2) is 42.5 Å². The van der Waals surface area contributed by atoms with Crippen molar-refractivity contribution in [1.82, 2.24) is 5.32 Å². The number of nitriles is 1. The van der Waals surface area contributed by atoms with Gasteiger partial charge < -0.3 is 19.5 Å². The van der Waals surface area contributed by atoms with E-state index in [9.17, 15) is 4.79 Å². The molecule has 0 spiro atoms. The highest BCUT2D eigenvalue weighted by molar-refractivity contribution is 5.75. The average Bonchev–Trinajstić information content (AvgIpc) is 2.72. The predicted molar refractivity (Wildman–Crippen MR) is 111 cm³/mol. The Balaban J connectivity index is 1.64. The highest BCUT2D eigenvalue weighted by Crippen LogP contribution is 2.27.